The zero-order chi connectivity index (χ0) is 10.7. The number of aromatic nitrogens is 2. The van der Waals surface area contributed by atoms with E-state index in [2.05, 4.69) is 23.8 Å². The zero-order valence-corrected chi connectivity index (χ0v) is 9.14. The van der Waals surface area contributed by atoms with Gasteiger partial charge >= 0.3 is 6.01 Å². The van der Waals surface area contributed by atoms with Crippen molar-refractivity contribution in [1.82, 2.24) is 9.97 Å². The Morgan fingerprint density at radius 1 is 1.53 bits per heavy atom. The van der Waals surface area contributed by atoms with Gasteiger partial charge in [-0.3, -0.25) is 0 Å². The summed E-state index contributed by atoms with van der Waals surface area (Å²) in [5.41, 5.74) is 1.01. The largest absolute Gasteiger partial charge is 0.458 e. The van der Waals surface area contributed by atoms with E-state index in [1.165, 1.54) is 0 Å². The van der Waals surface area contributed by atoms with E-state index in [-0.39, 0.29) is 6.10 Å². The maximum absolute atomic E-state index is 5.62. The zero-order valence-electron chi connectivity index (χ0n) is 9.14. The molecule has 0 bridgehead atoms. The Hall–Kier alpha value is -1.16. The summed E-state index contributed by atoms with van der Waals surface area (Å²) in [6.07, 6.45) is 2.79. The first-order chi connectivity index (χ1) is 7.25. The smallest absolute Gasteiger partial charge is 0.316 e. The molecule has 0 aromatic carbocycles. The minimum atomic E-state index is 0.118. The molecule has 1 aliphatic heterocycles. The van der Waals surface area contributed by atoms with Crippen molar-refractivity contribution in [2.45, 2.75) is 32.3 Å². The van der Waals surface area contributed by atoms with Crippen molar-refractivity contribution in [3.05, 3.63) is 18.0 Å². The van der Waals surface area contributed by atoms with Crippen molar-refractivity contribution in [1.29, 1.82) is 0 Å². The van der Waals surface area contributed by atoms with E-state index in [0.717, 1.165) is 18.7 Å². The molecule has 4 nitrogen and oxygen atoms in total. The van der Waals surface area contributed by atoms with Crippen LogP contribution < -0.4 is 4.74 Å². The van der Waals surface area contributed by atoms with Crippen LogP contribution >= 0.6 is 0 Å². The Morgan fingerprint density at radius 2 is 2.40 bits per heavy atom. The highest BCUT2D eigenvalue weighted by Gasteiger charge is 2.18. The maximum atomic E-state index is 5.62. The molecule has 0 spiro atoms. The number of ether oxygens (including phenoxy) is 2. The summed E-state index contributed by atoms with van der Waals surface area (Å²) >= 11 is 0. The normalized spacial score (nSPS) is 20.9. The molecule has 0 radical (unpaired) electrons. The van der Waals surface area contributed by atoms with Gasteiger partial charge in [0, 0.05) is 12.6 Å². The van der Waals surface area contributed by atoms with Crippen molar-refractivity contribution in [3.8, 4) is 6.01 Å². The number of hydrogen-bond donors (Lipinski definition) is 0. The standard InChI is InChI=1S/C11H16N2O2/c1-8(2)10-3-5-12-11(13-10)15-9-4-6-14-7-9/h3,5,8-9H,4,6-7H2,1-2H3/t9-/m0/s1. The van der Waals surface area contributed by atoms with Gasteiger partial charge in [-0.1, -0.05) is 13.8 Å². The van der Waals surface area contributed by atoms with Gasteiger partial charge in [-0.25, -0.2) is 4.98 Å². The minimum absolute atomic E-state index is 0.118. The second-order valence-electron chi connectivity index (χ2n) is 4.02. The van der Waals surface area contributed by atoms with Crippen LogP contribution in [0, 0.1) is 0 Å². The Balaban J connectivity index is 2.04. The van der Waals surface area contributed by atoms with Crippen molar-refractivity contribution in [2.24, 2.45) is 0 Å². The second kappa shape index (κ2) is 4.57. The molecule has 82 valence electrons. The highest BCUT2D eigenvalue weighted by molar-refractivity contribution is 5.09. The van der Waals surface area contributed by atoms with E-state index in [1.807, 2.05) is 6.07 Å². The highest BCUT2D eigenvalue weighted by atomic mass is 16.6. The first-order valence-electron chi connectivity index (χ1n) is 5.33. The number of nitrogens with zero attached hydrogens (tertiary/aromatic N) is 2. The summed E-state index contributed by atoms with van der Waals surface area (Å²) < 4.78 is 10.8. The van der Waals surface area contributed by atoms with Crippen LogP contribution in [-0.2, 0) is 4.74 Å². The number of hydrogen-bond acceptors (Lipinski definition) is 4. The maximum Gasteiger partial charge on any atom is 0.316 e. The van der Waals surface area contributed by atoms with Crippen LogP contribution in [0.25, 0.3) is 0 Å². The molecule has 0 N–H and O–H groups in total. The summed E-state index contributed by atoms with van der Waals surface area (Å²) in [7, 11) is 0. The van der Waals surface area contributed by atoms with Crippen LogP contribution in [0.5, 0.6) is 6.01 Å². The fraction of sp³-hybridized carbons (Fsp3) is 0.636. The van der Waals surface area contributed by atoms with Gasteiger partial charge < -0.3 is 9.47 Å². The van der Waals surface area contributed by atoms with Crippen LogP contribution in [0.4, 0.5) is 0 Å². The Kier molecular flexibility index (Phi) is 3.16. The molecule has 2 rings (SSSR count). The predicted octanol–water partition coefficient (Wildman–Crippen LogP) is 1.77. The van der Waals surface area contributed by atoms with Crippen LogP contribution in [0.3, 0.4) is 0 Å². The Morgan fingerprint density at radius 3 is 3.07 bits per heavy atom. The molecule has 0 saturated carbocycles. The quantitative estimate of drug-likeness (QED) is 0.759. The van der Waals surface area contributed by atoms with E-state index in [4.69, 9.17) is 9.47 Å². The van der Waals surface area contributed by atoms with Crippen LogP contribution in [0.2, 0.25) is 0 Å². The first kappa shape index (κ1) is 10.4. The third kappa shape index (κ3) is 2.65. The molecule has 1 aromatic heterocycles. The summed E-state index contributed by atoms with van der Waals surface area (Å²) in [5, 5.41) is 0. The molecule has 4 heteroatoms. The van der Waals surface area contributed by atoms with Crippen molar-refractivity contribution in [3.63, 3.8) is 0 Å². The van der Waals surface area contributed by atoms with Gasteiger partial charge in [0.2, 0.25) is 0 Å². The molecular weight excluding hydrogens is 192 g/mol. The molecule has 0 aliphatic carbocycles. The van der Waals surface area contributed by atoms with Gasteiger partial charge in [0.1, 0.15) is 6.10 Å². The van der Waals surface area contributed by atoms with E-state index in [0.29, 0.717) is 18.5 Å². The predicted molar refractivity (Wildman–Crippen MR) is 56.0 cm³/mol. The van der Waals surface area contributed by atoms with E-state index >= 15 is 0 Å². The Bertz CT molecular complexity index is 322. The number of rotatable bonds is 3. The second-order valence-corrected chi connectivity index (χ2v) is 4.02. The topological polar surface area (TPSA) is 44.2 Å². The van der Waals surface area contributed by atoms with E-state index < -0.39 is 0 Å². The Labute approximate surface area is 89.6 Å². The van der Waals surface area contributed by atoms with E-state index in [9.17, 15) is 0 Å². The van der Waals surface area contributed by atoms with Crippen molar-refractivity contribution < 1.29 is 9.47 Å². The molecule has 1 atom stereocenters. The molecule has 1 fully saturated rings. The van der Waals surface area contributed by atoms with Crippen molar-refractivity contribution in [2.75, 3.05) is 13.2 Å². The SMILES string of the molecule is CC(C)c1ccnc(O[C@H]2CCOC2)n1. The summed E-state index contributed by atoms with van der Waals surface area (Å²) in [4.78, 5) is 8.44. The van der Waals surface area contributed by atoms with Gasteiger partial charge in [0.25, 0.3) is 0 Å². The van der Waals surface area contributed by atoms with Gasteiger partial charge in [0.05, 0.1) is 18.9 Å². The average Bonchev–Trinajstić information content (AvgIpc) is 2.71. The van der Waals surface area contributed by atoms with Crippen LogP contribution in [0.1, 0.15) is 31.9 Å². The summed E-state index contributed by atoms with van der Waals surface area (Å²) in [6, 6.07) is 2.39. The third-order valence-electron chi connectivity index (χ3n) is 2.41. The van der Waals surface area contributed by atoms with Gasteiger partial charge in [-0.2, -0.15) is 4.98 Å². The van der Waals surface area contributed by atoms with Gasteiger partial charge in [0.15, 0.2) is 0 Å². The minimum Gasteiger partial charge on any atom is -0.458 e. The first-order valence-corrected chi connectivity index (χ1v) is 5.33. The fourth-order valence-corrected chi connectivity index (χ4v) is 1.49. The molecule has 1 aromatic rings. The lowest BCUT2D eigenvalue weighted by Crippen LogP contribution is -2.17. The third-order valence-corrected chi connectivity index (χ3v) is 2.41. The lowest BCUT2D eigenvalue weighted by molar-refractivity contribution is 0.134. The van der Waals surface area contributed by atoms with Gasteiger partial charge in [-0.15, -0.1) is 0 Å². The van der Waals surface area contributed by atoms with Crippen LogP contribution in [0.15, 0.2) is 12.3 Å². The molecular formula is C11H16N2O2. The van der Waals surface area contributed by atoms with E-state index in [1.54, 1.807) is 6.20 Å². The lowest BCUT2D eigenvalue weighted by Gasteiger charge is -2.11. The lowest BCUT2D eigenvalue weighted by atomic mass is 10.1. The van der Waals surface area contributed by atoms with Gasteiger partial charge in [-0.05, 0) is 12.0 Å². The van der Waals surface area contributed by atoms with Crippen molar-refractivity contribution >= 4 is 0 Å². The monoisotopic (exact) mass is 208 g/mol. The summed E-state index contributed by atoms with van der Waals surface area (Å²) in [5.74, 6) is 0.398. The molecule has 0 amide bonds. The highest BCUT2D eigenvalue weighted by Crippen LogP contribution is 2.16. The fourth-order valence-electron chi connectivity index (χ4n) is 1.49. The summed E-state index contributed by atoms with van der Waals surface area (Å²) in [6.45, 7) is 5.62. The molecule has 2 heterocycles. The molecule has 1 saturated heterocycles. The molecule has 15 heavy (non-hydrogen) atoms. The average molecular weight is 208 g/mol. The molecule has 1 aliphatic rings. The van der Waals surface area contributed by atoms with Crippen LogP contribution in [-0.4, -0.2) is 29.3 Å². The molecule has 0 unspecified atom stereocenters.